The summed E-state index contributed by atoms with van der Waals surface area (Å²) in [6, 6.07) is 0. The van der Waals surface area contributed by atoms with Crippen molar-refractivity contribution in [2.75, 3.05) is 13.2 Å². The highest BCUT2D eigenvalue weighted by atomic mass is 31.2. The van der Waals surface area contributed by atoms with E-state index in [9.17, 15) is 14.5 Å². The Hall–Kier alpha value is -0.680. The van der Waals surface area contributed by atoms with Crippen LogP contribution in [0, 0.1) is 0 Å². The number of rotatable bonds is 10. The molecule has 118 valence electrons. The molecule has 3 unspecified atom stereocenters. The van der Waals surface area contributed by atoms with Crippen molar-refractivity contribution >= 4 is 13.6 Å². The first kappa shape index (κ1) is 19.3. The van der Waals surface area contributed by atoms with Gasteiger partial charge in [-0.3, -0.25) is 4.57 Å². The van der Waals surface area contributed by atoms with E-state index in [1.54, 1.807) is 13.8 Å². The fraction of sp³-hybridized carbons (Fsp3) is 0.769. The second kappa shape index (κ2) is 10.1. The van der Waals surface area contributed by atoms with Crippen LogP contribution < -0.4 is 0 Å². The molecule has 0 radical (unpaired) electrons. The molecule has 1 N–H and O–H groups in total. The van der Waals surface area contributed by atoms with Gasteiger partial charge in [0.15, 0.2) is 0 Å². The minimum Gasteiger partial charge on any atom is -0.446 e. The molecule has 6 nitrogen and oxygen atoms in total. The largest absolute Gasteiger partial charge is 0.446 e. The molecular formula is C13H25O6P. The molecule has 0 aliphatic heterocycles. The average Bonchev–Trinajstić information content (AvgIpc) is 2.40. The van der Waals surface area contributed by atoms with Gasteiger partial charge in [-0.2, -0.15) is 0 Å². The van der Waals surface area contributed by atoms with Crippen molar-refractivity contribution in [3.05, 3.63) is 12.2 Å². The fourth-order valence-corrected chi connectivity index (χ4v) is 3.26. The lowest BCUT2D eigenvalue weighted by Gasteiger charge is -2.26. The van der Waals surface area contributed by atoms with Gasteiger partial charge in [0.25, 0.3) is 0 Å². The zero-order valence-corrected chi connectivity index (χ0v) is 13.5. The number of carbonyl (C=O) groups is 1. The Bertz CT molecular complexity index is 353. The lowest BCUT2D eigenvalue weighted by molar-refractivity contribution is -0.140. The summed E-state index contributed by atoms with van der Waals surface area (Å²) >= 11 is 0. The number of ether oxygens (including phenoxy) is 1. The van der Waals surface area contributed by atoms with E-state index < -0.39 is 25.5 Å². The van der Waals surface area contributed by atoms with Crippen molar-refractivity contribution in [2.24, 2.45) is 0 Å². The lowest BCUT2D eigenvalue weighted by atomic mass is 10.5. The summed E-state index contributed by atoms with van der Waals surface area (Å²) in [5, 5.41) is 9.24. The van der Waals surface area contributed by atoms with Crippen LogP contribution in [0.4, 0.5) is 0 Å². The summed E-state index contributed by atoms with van der Waals surface area (Å²) in [6.45, 7) is 6.87. The first-order chi connectivity index (χ1) is 9.39. The van der Waals surface area contributed by atoms with Crippen molar-refractivity contribution in [2.45, 2.75) is 52.5 Å². The Morgan fingerprint density at radius 1 is 1.35 bits per heavy atom. The van der Waals surface area contributed by atoms with E-state index in [1.165, 1.54) is 19.1 Å². The van der Waals surface area contributed by atoms with Crippen LogP contribution in [0.15, 0.2) is 12.2 Å². The van der Waals surface area contributed by atoms with Gasteiger partial charge in [-0.25, -0.2) is 4.79 Å². The molecule has 0 aromatic rings. The molecule has 7 heteroatoms. The van der Waals surface area contributed by atoms with Crippen LogP contribution in [0.5, 0.6) is 0 Å². The third-order valence-electron chi connectivity index (χ3n) is 2.23. The van der Waals surface area contributed by atoms with E-state index >= 15 is 0 Å². The van der Waals surface area contributed by atoms with Crippen molar-refractivity contribution < 1.29 is 28.3 Å². The Morgan fingerprint density at radius 2 is 2.00 bits per heavy atom. The zero-order chi connectivity index (χ0) is 15.6. The number of hydrogen-bond donors (Lipinski definition) is 1. The van der Waals surface area contributed by atoms with Gasteiger partial charge in [0.2, 0.25) is 5.85 Å². The first-order valence-electron chi connectivity index (χ1n) is 6.79. The van der Waals surface area contributed by atoms with Gasteiger partial charge in [0.05, 0.1) is 19.3 Å². The monoisotopic (exact) mass is 308 g/mol. The number of hydrogen-bond acceptors (Lipinski definition) is 6. The van der Waals surface area contributed by atoms with Crippen molar-refractivity contribution in [1.29, 1.82) is 0 Å². The molecule has 20 heavy (non-hydrogen) atoms. The van der Waals surface area contributed by atoms with Crippen LogP contribution in [-0.4, -0.2) is 36.2 Å². The number of aliphatic hydroxyl groups is 1. The Labute approximate surface area is 120 Å². The maximum atomic E-state index is 12.7. The normalized spacial score (nSPS) is 17.6. The molecular weight excluding hydrogens is 283 g/mol. The van der Waals surface area contributed by atoms with Crippen molar-refractivity contribution in [3.63, 3.8) is 0 Å². The predicted octanol–water partition coefficient (Wildman–Crippen LogP) is 2.86. The maximum absolute atomic E-state index is 12.7. The Balaban J connectivity index is 4.92. The topological polar surface area (TPSA) is 82.1 Å². The molecule has 0 saturated heterocycles. The maximum Gasteiger partial charge on any atom is 0.371 e. The minimum atomic E-state index is -3.61. The summed E-state index contributed by atoms with van der Waals surface area (Å²) in [4.78, 5) is 11.5. The van der Waals surface area contributed by atoms with Crippen LogP contribution in [-0.2, 0) is 23.1 Å². The van der Waals surface area contributed by atoms with Crippen LogP contribution in [0.25, 0.3) is 0 Å². The number of carbonyl (C=O) groups excluding carboxylic acids is 1. The molecule has 0 rings (SSSR count). The van der Waals surface area contributed by atoms with E-state index in [4.69, 9.17) is 13.8 Å². The zero-order valence-electron chi connectivity index (χ0n) is 12.6. The summed E-state index contributed by atoms with van der Waals surface area (Å²) in [5.41, 5.74) is 0. The van der Waals surface area contributed by atoms with Gasteiger partial charge < -0.3 is 18.9 Å². The van der Waals surface area contributed by atoms with Gasteiger partial charge in [0, 0.05) is 6.08 Å². The highest BCUT2D eigenvalue weighted by molar-refractivity contribution is 7.54. The highest BCUT2D eigenvalue weighted by Gasteiger charge is 2.38. The quantitative estimate of drug-likeness (QED) is 0.379. The molecule has 0 bridgehead atoms. The standard InChI is InChI=1S/C13H25O6P/c1-5-8-12(15)19-13(7-3)20(16,17-9-6-2)18-10-11(4)14/h5,8,11,13-14H,6-7,9-10H2,1-4H3. The number of allylic oxidation sites excluding steroid dienone is 1. The van der Waals surface area contributed by atoms with Gasteiger partial charge in [-0.15, -0.1) is 0 Å². The van der Waals surface area contributed by atoms with Gasteiger partial charge in [0.1, 0.15) is 0 Å². The summed E-state index contributed by atoms with van der Waals surface area (Å²) in [7, 11) is -3.61. The van der Waals surface area contributed by atoms with Crippen molar-refractivity contribution in [3.8, 4) is 0 Å². The first-order valence-corrected chi connectivity index (χ1v) is 8.40. The summed E-state index contributed by atoms with van der Waals surface area (Å²) in [6.07, 6.45) is 2.94. The molecule has 0 amide bonds. The van der Waals surface area contributed by atoms with Crippen LogP contribution in [0.1, 0.15) is 40.5 Å². The fourth-order valence-electron chi connectivity index (χ4n) is 1.31. The van der Waals surface area contributed by atoms with E-state index in [0.29, 0.717) is 12.8 Å². The third-order valence-corrected chi connectivity index (χ3v) is 4.46. The second-order valence-electron chi connectivity index (χ2n) is 4.32. The van der Waals surface area contributed by atoms with E-state index in [-0.39, 0.29) is 13.2 Å². The van der Waals surface area contributed by atoms with Gasteiger partial charge >= 0.3 is 13.6 Å². The SMILES string of the molecule is CC=CC(=O)OC(CC)P(=O)(OCCC)OCC(C)O. The van der Waals surface area contributed by atoms with Gasteiger partial charge in [-0.1, -0.05) is 19.9 Å². The highest BCUT2D eigenvalue weighted by Crippen LogP contribution is 2.55. The molecule has 0 aliphatic rings. The number of esters is 1. The molecule has 0 spiro atoms. The number of aliphatic hydroxyl groups excluding tert-OH is 1. The molecule has 0 fully saturated rings. The smallest absolute Gasteiger partial charge is 0.371 e. The van der Waals surface area contributed by atoms with Crippen LogP contribution in [0.2, 0.25) is 0 Å². The molecule has 0 aliphatic carbocycles. The average molecular weight is 308 g/mol. The second-order valence-corrected chi connectivity index (χ2v) is 6.49. The minimum absolute atomic E-state index is 0.140. The van der Waals surface area contributed by atoms with Crippen LogP contribution >= 0.6 is 7.60 Å². The predicted molar refractivity (Wildman–Crippen MR) is 76.5 cm³/mol. The van der Waals surface area contributed by atoms with Gasteiger partial charge in [-0.05, 0) is 26.7 Å². The lowest BCUT2D eigenvalue weighted by Crippen LogP contribution is -2.22. The Morgan fingerprint density at radius 3 is 2.45 bits per heavy atom. The van der Waals surface area contributed by atoms with E-state index in [1.807, 2.05) is 6.92 Å². The molecule has 0 aromatic carbocycles. The molecule has 3 atom stereocenters. The summed E-state index contributed by atoms with van der Waals surface area (Å²) < 4.78 is 28.3. The molecule has 0 aromatic heterocycles. The van der Waals surface area contributed by atoms with E-state index in [2.05, 4.69) is 0 Å². The summed E-state index contributed by atoms with van der Waals surface area (Å²) in [5.74, 6) is -1.57. The third kappa shape index (κ3) is 7.20. The van der Waals surface area contributed by atoms with Crippen molar-refractivity contribution in [1.82, 2.24) is 0 Å². The molecule has 0 heterocycles. The Kier molecular flexibility index (Phi) is 9.76. The van der Waals surface area contributed by atoms with E-state index in [0.717, 1.165) is 0 Å². The molecule has 0 saturated carbocycles. The van der Waals surface area contributed by atoms with Crippen LogP contribution in [0.3, 0.4) is 0 Å².